The lowest BCUT2D eigenvalue weighted by molar-refractivity contribution is 0.251. The molecule has 0 saturated heterocycles. The van der Waals surface area contributed by atoms with Gasteiger partial charge < -0.3 is 4.90 Å². The molecule has 200 valence electrons. The van der Waals surface area contributed by atoms with Gasteiger partial charge in [0, 0.05) is 6.04 Å². The van der Waals surface area contributed by atoms with Crippen molar-refractivity contribution in [2.24, 2.45) is 0 Å². The SMILES string of the molecule is CCCCCCCCCCCCCCCCCC(CCCCCCCCCCCC)N(C)C. The Hall–Kier alpha value is -0.0400. The predicted molar refractivity (Wildman–Crippen MR) is 153 cm³/mol. The molecule has 0 amide bonds. The molecule has 0 aliphatic carbocycles. The fourth-order valence-electron chi connectivity index (χ4n) is 5.28. The maximum absolute atomic E-state index is 2.50. The van der Waals surface area contributed by atoms with Gasteiger partial charge in [-0.25, -0.2) is 0 Å². The van der Waals surface area contributed by atoms with Crippen molar-refractivity contribution < 1.29 is 0 Å². The topological polar surface area (TPSA) is 3.24 Å². The molecule has 1 unspecified atom stereocenters. The summed E-state index contributed by atoms with van der Waals surface area (Å²) in [7, 11) is 4.60. The minimum atomic E-state index is 0.820. The molecular formula is C32H67N. The number of unbranched alkanes of at least 4 members (excludes halogenated alkanes) is 23. The highest BCUT2D eigenvalue weighted by Gasteiger charge is 2.10. The minimum absolute atomic E-state index is 0.820. The lowest BCUT2D eigenvalue weighted by atomic mass is 9.99. The summed E-state index contributed by atoms with van der Waals surface area (Å²) in [6, 6.07) is 0.820. The summed E-state index contributed by atoms with van der Waals surface area (Å²) >= 11 is 0. The van der Waals surface area contributed by atoms with E-state index in [9.17, 15) is 0 Å². The lowest BCUT2D eigenvalue weighted by Crippen LogP contribution is -2.27. The smallest absolute Gasteiger partial charge is 0.00891 e. The van der Waals surface area contributed by atoms with Gasteiger partial charge in [0.2, 0.25) is 0 Å². The molecular weight excluding hydrogens is 398 g/mol. The van der Waals surface area contributed by atoms with Gasteiger partial charge in [-0.05, 0) is 26.9 Å². The van der Waals surface area contributed by atoms with E-state index >= 15 is 0 Å². The monoisotopic (exact) mass is 466 g/mol. The summed E-state index contributed by atoms with van der Waals surface area (Å²) in [5, 5.41) is 0. The minimum Gasteiger partial charge on any atom is -0.306 e. The zero-order valence-electron chi connectivity index (χ0n) is 24.1. The number of nitrogens with zero attached hydrogens (tertiary/aromatic N) is 1. The molecule has 0 fully saturated rings. The molecule has 0 rings (SSSR count). The van der Waals surface area contributed by atoms with Gasteiger partial charge in [0.25, 0.3) is 0 Å². The first kappa shape index (κ1) is 33.0. The molecule has 1 atom stereocenters. The third-order valence-electron chi connectivity index (χ3n) is 7.76. The van der Waals surface area contributed by atoms with Crippen LogP contribution in [-0.4, -0.2) is 25.0 Å². The molecule has 0 aromatic carbocycles. The Morgan fingerprint density at radius 2 is 0.545 bits per heavy atom. The third-order valence-corrected chi connectivity index (χ3v) is 7.76. The van der Waals surface area contributed by atoms with E-state index in [1.54, 1.807) is 0 Å². The van der Waals surface area contributed by atoms with Gasteiger partial charge >= 0.3 is 0 Å². The second kappa shape index (κ2) is 28.2. The Labute approximate surface area is 212 Å². The predicted octanol–water partition coefficient (Wildman–Crippen LogP) is 11.5. The first-order valence-corrected chi connectivity index (χ1v) is 15.9. The van der Waals surface area contributed by atoms with Gasteiger partial charge in [0.15, 0.2) is 0 Å². The zero-order chi connectivity index (χ0) is 24.2. The van der Waals surface area contributed by atoms with E-state index in [4.69, 9.17) is 0 Å². The molecule has 1 nitrogen and oxygen atoms in total. The van der Waals surface area contributed by atoms with Crippen LogP contribution in [0, 0.1) is 0 Å². The van der Waals surface area contributed by atoms with Crippen LogP contribution in [0.4, 0.5) is 0 Å². The van der Waals surface area contributed by atoms with Crippen LogP contribution < -0.4 is 0 Å². The van der Waals surface area contributed by atoms with Crippen LogP contribution in [0.3, 0.4) is 0 Å². The maximum atomic E-state index is 2.50. The molecule has 0 aliphatic rings. The van der Waals surface area contributed by atoms with Crippen LogP contribution in [0.25, 0.3) is 0 Å². The van der Waals surface area contributed by atoms with Gasteiger partial charge in [-0.15, -0.1) is 0 Å². The summed E-state index contributed by atoms with van der Waals surface area (Å²) in [5.41, 5.74) is 0. The molecule has 1 heteroatoms. The highest BCUT2D eigenvalue weighted by Crippen LogP contribution is 2.18. The van der Waals surface area contributed by atoms with Gasteiger partial charge in [0.1, 0.15) is 0 Å². The van der Waals surface area contributed by atoms with Crippen molar-refractivity contribution in [3.63, 3.8) is 0 Å². The number of rotatable bonds is 28. The fourth-order valence-corrected chi connectivity index (χ4v) is 5.28. The second-order valence-corrected chi connectivity index (χ2v) is 11.3. The fraction of sp³-hybridized carbons (Fsp3) is 1.00. The van der Waals surface area contributed by atoms with Gasteiger partial charge in [0.05, 0.1) is 0 Å². The van der Waals surface area contributed by atoms with Crippen LogP contribution in [0.2, 0.25) is 0 Å². The molecule has 0 heterocycles. The second-order valence-electron chi connectivity index (χ2n) is 11.3. The van der Waals surface area contributed by atoms with Crippen LogP contribution in [0.15, 0.2) is 0 Å². The van der Waals surface area contributed by atoms with Gasteiger partial charge in [-0.1, -0.05) is 174 Å². The lowest BCUT2D eigenvalue weighted by Gasteiger charge is -2.24. The summed E-state index contributed by atoms with van der Waals surface area (Å²) in [6.07, 6.45) is 39.3. The molecule has 0 spiro atoms. The molecule has 0 radical (unpaired) electrons. The van der Waals surface area contributed by atoms with Crippen molar-refractivity contribution in [1.82, 2.24) is 4.90 Å². The van der Waals surface area contributed by atoms with Crippen LogP contribution in [-0.2, 0) is 0 Å². The van der Waals surface area contributed by atoms with E-state index in [1.165, 1.54) is 173 Å². The normalized spacial score (nSPS) is 12.6. The first-order chi connectivity index (χ1) is 16.2. The highest BCUT2D eigenvalue weighted by atomic mass is 15.1. The highest BCUT2D eigenvalue weighted by molar-refractivity contribution is 4.67. The molecule has 0 aromatic heterocycles. The number of hydrogen-bond acceptors (Lipinski definition) is 1. The van der Waals surface area contributed by atoms with Gasteiger partial charge in [-0.2, -0.15) is 0 Å². The van der Waals surface area contributed by atoms with Crippen molar-refractivity contribution in [2.45, 2.75) is 193 Å². The average molecular weight is 466 g/mol. The van der Waals surface area contributed by atoms with Crippen LogP contribution >= 0.6 is 0 Å². The zero-order valence-corrected chi connectivity index (χ0v) is 24.1. The summed E-state index contributed by atoms with van der Waals surface area (Å²) in [6.45, 7) is 4.61. The Kier molecular flexibility index (Phi) is 28.2. The van der Waals surface area contributed by atoms with E-state index in [-0.39, 0.29) is 0 Å². The Morgan fingerprint density at radius 3 is 0.758 bits per heavy atom. The van der Waals surface area contributed by atoms with E-state index in [0.29, 0.717) is 0 Å². The Balaban J connectivity index is 3.39. The van der Waals surface area contributed by atoms with E-state index in [2.05, 4.69) is 32.8 Å². The quantitative estimate of drug-likeness (QED) is 0.104. The van der Waals surface area contributed by atoms with Gasteiger partial charge in [-0.3, -0.25) is 0 Å². The summed E-state index contributed by atoms with van der Waals surface area (Å²) in [4.78, 5) is 2.50. The molecule has 0 N–H and O–H groups in total. The first-order valence-electron chi connectivity index (χ1n) is 15.9. The molecule has 0 bridgehead atoms. The van der Waals surface area contributed by atoms with Crippen molar-refractivity contribution >= 4 is 0 Å². The Morgan fingerprint density at radius 1 is 0.333 bits per heavy atom. The molecule has 0 saturated carbocycles. The molecule has 0 aromatic rings. The Bertz CT molecular complexity index is 337. The van der Waals surface area contributed by atoms with E-state index < -0.39 is 0 Å². The molecule has 33 heavy (non-hydrogen) atoms. The largest absolute Gasteiger partial charge is 0.306 e. The van der Waals surface area contributed by atoms with Crippen molar-refractivity contribution in [3.05, 3.63) is 0 Å². The maximum Gasteiger partial charge on any atom is 0.00891 e. The van der Waals surface area contributed by atoms with Crippen molar-refractivity contribution in [3.8, 4) is 0 Å². The standard InChI is InChI=1S/C32H67N/c1-5-7-9-11-13-15-17-18-19-20-21-23-25-27-29-31-32(33(3)4)30-28-26-24-22-16-14-12-10-8-6-2/h32H,5-31H2,1-4H3. The van der Waals surface area contributed by atoms with Crippen LogP contribution in [0.5, 0.6) is 0 Å². The van der Waals surface area contributed by atoms with Crippen LogP contribution in [0.1, 0.15) is 187 Å². The summed E-state index contributed by atoms with van der Waals surface area (Å²) < 4.78 is 0. The van der Waals surface area contributed by atoms with E-state index in [0.717, 1.165) is 6.04 Å². The third kappa shape index (κ3) is 26.4. The average Bonchev–Trinajstić information content (AvgIpc) is 2.81. The van der Waals surface area contributed by atoms with E-state index in [1.807, 2.05) is 0 Å². The number of hydrogen-bond donors (Lipinski definition) is 0. The van der Waals surface area contributed by atoms with Crippen molar-refractivity contribution in [1.29, 1.82) is 0 Å². The van der Waals surface area contributed by atoms with Crippen molar-refractivity contribution in [2.75, 3.05) is 14.1 Å². The summed E-state index contributed by atoms with van der Waals surface area (Å²) in [5.74, 6) is 0. The molecule has 0 aliphatic heterocycles.